The summed E-state index contributed by atoms with van der Waals surface area (Å²) < 4.78 is 18.4. The van der Waals surface area contributed by atoms with Crippen LogP contribution in [0.3, 0.4) is 0 Å². The van der Waals surface area contributed by atoms with Crippen LogP contribution in [0.1, 0.15) is 25.0 Å². The smallest absolute Gasteiger partial charge is 0.130 e. The highest BCUT2D eigenvalue weighted by Gasteiger charge is 2.12. The minimum Gasteiger partial charge on any atom is -0.386 e. The summed E-state index contributed by atoms with van der Waals surface area (Å²) in [5, 5.41) is 9.93. The fourth-order valence-corrected chi connectivity index (χ4v) is 1.36. The molecule has 1 aromatic carbocycles. The first-order valence-corrected chi connectivity index (χ1v) is 5.23. The maximum Gasteiger partial charge on any atom is 0.130 e. The molecule has 84 valence electrons. The molecular formula is C11H14ClFO2. The summed E-state index contributed by atoms with van der Waals surface area (Å²) in [6.07, 6.45) is -0.0654. The van der Waals surface area contributed by atoms with Crippen molar-refractivity contribution in [3.05, 3.63) is 34.6 Å². The van der Waals surface area contributed by atoms with E-state index >= 15 is 0 Å². The summed E-state index contributed by atoms with van der Waals surface area (Å²) in [6, 6.07) is 4.20. The van der Waals surface area contributed by atoms with E-state index in [-0.39, 0.29) is 12.2 Å². The van der Waals surface area contributed by atoms with Crippen LogP contribution in [-0.2, 0) is 4.74 Å². The molecule has 0 heterocycles. The van der Waals surface area contributed by atoms with Gasteiger partial charge in [-0.25, -0.2) is 4.39 Å². The van der Waals surface area contributed by atoms with Gasteiger partial charge in [0.2, 0.25) is 0 Å². The third-order valence-corrected chi connectivity index (χ3v) is 2.18. The maximum absolute atomic E-state index is 13.3. The van der Waals surface area contributed by atoms with E-state index in [9.17, 15) is 9.50 Å². The van der Waals surface area contributed by atoms with E-state index in [0.717, 1.165) is 6.42 Å². The number of ether oxygens (including phenoxy) is 1. The van der Waals surface area contributed by atoms with Gasteiger partial charge in [-0.15, -0.1) is 0 Å². The molecule has 1 unspecified atom stereocenters. The first kappa shape index (κ1) is 12.4. The Morgan fingerprint density at radius 2 is 2.27 bits per heavy atom. The lowest BCUT2D eigenvalue weighted by molar-refractivity contribution is 0.0346. The van der Waals surface area contributed by atoms with Gasteiger partial charge in [-0.3, -0.25) is 0 Å². The van der Waals surface area contributed by atoms with Crippen LogP contribution in [0.2, 0.25) is 5.02 Å². The van der Waals surface area contributed by atoms with E-state index in [1.165, 1.54) is 12.1 Å². The standard InChI is InChI=1S/C11H14ClFO2/c1-2-5-15-7-11(14)9-4-3-8(12)6-10(9)13/h3-4,6,11,14H,2,5,7H2,1H3. The number of aliphatic hydroxyl groups is 1. The fraction of sp³-hybridized carbons (Fsp3) is 0.455. The molecule has 1 rings (SSSR count). The van der Waals surface area contributed by atoms with Crippen LogP contribution >= 0.6 is 11.6 Å². The second kappa shape index (κ2) is 6.05. The first-order valence-electron chi connectivity index (χ1n) is 4.86. The lowest BCUT2D eigenvalue weighted by atomic mass is 10.1. The van der Waals surface area contributed by atoms with Crippen molar-refractivity contribution in [3.8, 4) is 0 Å². The molecule has 0 amide bonds. The summed E-state index contributed by atoms with van der Waals surface area (Å²) in [5.41, 5.74) is 0.218. The van der Waals surface area contributed by atoms with Crippen molar-refractivity contribution in [2.24, 2.45) is 0 Å². The third kappa shape index (κ3) is 3.78. The van der Waals surface area contributed by atoms with Crippen molar-refractivity contribution in [2.45, 2.75) is 19.4 Å². The average Bonchev–Trinajstić information content (AvgIpc) is 2.17. The van der Waals surface area contributed by atoms with Crippen molar-refractivity contribution in [3.63, 3.8) is 0 Å². The Labute approximate surface area is 93.6 Å². The van der Waals surface area contributed by atoms with Crippen molar-refractivity contribution >= 4 is 11.6 Å². The van der Waals surface area contributed by atoms with Gasteiger partial charge in [-0.2, -0.15) is 0 Å². The SMILES string of the molecule is CCCOCC(O)c1ccc(Cl)cc1F. The summed E-state index contributed by atoms with van der Waals surface area (Å²) in [6.45, 7) is 2.63. The van der Waals surface area contributed by atoms with E-state index in [1.807, 2.05) is 6.92 Å². The number of aliphatic hydroxyl groups excluding tert-OH is 1. The largest absolute Gasteiger partial charge is 0.386 e. The Balaban J connectivity index is 2.61. The van der Waals surface area contributed by atoms with Crippen LogP contribution < -0.4 is 0 Å². The van der Waals surface area contributed by atoms with E-state index in [1.54, 1.807) is 6.07 Å². The van der Waals surface area contributed by atoms with E-state index in [2.05, 4.69) is 0 Å². The molecule has 0 fully saturated rings. The Morgan fingerprint density at radius 1 is 1.53 bits per heavy atom. The van der Waals surface area contributed by atoms with Crippen molar-refractivity contribution in [1.29, 1.82) is 0 Å². The molecule has 0 bridgehead atoms. The molecule has 1 N–H and O–H groups in total. The predicted octanol–water partition coefficient (Wildman–Crippen LogP) is 2.94. The quantitative estimate of drug-likeness (QED) is 0.791. The van der Waals surface area contributed by atoms with Gasteiger partial charge in [-0.05, 0) is 18.6 Å². The van der Waals surface area contributed by atoms with Crippen molar-refractivity contribution < 1.29 is 14.2 Å². The minimum absolute atomic E-state index is 0.104. The van der Waals surface area contributed by atoms with Gasteiger partial charge >= 0.3 is 0 Å². The predicted molar refractivity (Wildman–Crippen MR) is 57.5 cm³/mol. The van der Waals surface area contributed by atoms with Crippen molar-refractivity contribution in [2.75, 3.05) is 13.2 Å². The van der Waals surface area contributed by atoms with Gasteiger partial charge in [0.15, 0.2) is 0 Å². The molecule has 1 atom stereocenters. The topological polar surface area (TPSA) is 29.5 Å². The van der Waals surface area contributed by atoms with E-state index in [0.29, 0.717) is 11.6 Å². The highest BCUT2D eigenvalue weighted by Crippen LogP contribution is 2.20. The van der Waals surface area contributed by atoms with Crippen LogP contribution in [0.4, 0.5) is 4.39 Å². The first-order chi connectivity index (χ1) is 7.15. The average molecular weight is 233 g/mol. The van der Waals surface area contributed by atoms with Crippen LogP contribution in [0.25, 0.3) is 0 Å². The Morgan fingerprint density at radius 3 is 2.87 bits per heavy atom. The fourth-order valence-electron chi connectivity index (χ4n) is 1.20. The molecule has 2 nitrogen and oxygen atoms in total. The number of benzene rings is 1. The number of halogens is 2. The highest BCUT2D eigenvalue weighted by atomic mass is 35.5. The van der Waals surface area contributed by atoms with Gasteiger partial charge in [0, 0.05) is 17.2 Å². The third-order valence-electron chi connectivity index (χ3n) is 1.95. The van der Waals surface area contributed by atoms with Crippen LogP contribution in [0.5, 0.6) is 0 Å². The monoisotopic (exact) mass is 232 g/mol. The molecule has 0 saturated carbocycles. The van der Waals surface area contributed by atoms with Gasteiger partial charge in [0.05, 0.1) is 6.61 Å². The second-order valence-electron chi connectivity index (χ2n) is 3.26. The van der Waals surface area contributed by atoms with Crippen molar-refractivity contribution in [1.82, 2.24) is 0 Å². The molecule has 0 aliphatic heterocycles. The normalized spacial score (nSPS) is 12.8. The van der Waals surface area contributed by atoms with Gasteiger partial charge < -0.3 is 9.84 Å². The van der Waals surface area contributed by atoms with Crippen LogP contribution in [0, 0.1) is 5.82 Å². The van der Waals surface area contributed by atoms with Crippen LogP contribution in [-0.4, -0.2) is 18.3 Å². The molecule has 0 aromatic heterocycles. The molecular weight excluding hydrogens is 219 g/mol. The zero-order chi connectivity index (χ0) is 11.3. The lowest BCUT2D eigenvalue weighted by Crippen LogP contribution is -2.09. The molecule has 0 radical (unpaired) electrons. The summed E-state index contributed by atoms with van der Waals surface area (Å²) >= 11 is 5.60. The molecule has 4 heteroatoms. The zero-order valence-electron chi connectivity index (χ0n) is 8.54. The molecule has 15 heavy (non-hydrogen) atoms. The van der Waals surface area contributed by atoms with Gasteiger partial charge in [0.25, 0.3) is 0 Å². The second-order valence-corrected chi connectivity index (χ2v) is 3.69. The Hall–Kier alpha value is -0.640. The Bertz CT molecular complexity index is 317. The van der Waals surface area contributed by atoms with Gasteiger partial charge in [0.1, 0.15) is 11.9 Å². The molecule has 0 aliphatic rings. The number of hydrogen-bond donors (Lipinski definition) is 1. The van der Waals surface area contributed by atoms with E-state index < -0.39 is 11.9 Å². The minimum atomic E-state index is -0.936. The maximum atomic E-state index is 13.3. The molecule has 0 saturated heterocycles. The van der Waals surface area contributed by atoms with E-state index in [4.69, 9.17) is 16.3 Å². The number of hydrogen-bond acceptors (Lipinski definition) is 2. The molecule has 1 aromatic rings. The van der Waals surface area contributed by atoms with Gasteiger partial charge in [-0.1, -0.05) is 24.6 Å². The number of rotatable bonds is 5. The Kier molecular flexibility index (Phi) is 5.02. The summed E-state index contributed by atoms with van der Waals surface area (Å²) in [7, 11) is 0. The zero-order valence-corrected chi connectivity index (χ0v) is 9.30. The molecule has 0 spiro atoms. The van der Waals surface area contributed by atoms with Crippen LogP contribution in [0.15, 0.2) is 18.2 Å². The summed E-state index contributed by atoms with van der Waals surface area (Å²) in [4.78, 5) is 0. The summed E-state index contributed by atoms with van der Waals surface area (Å²) in [5.74, 6) is -0.505. The lowest BCUT2D eigenvalue weighted by Gasteiger charge is -2.12. The highest BCUT2D eigenvalue weighted by molar-refractivity contribution is 6.30. The molecule has 0 aliphatic carbocycles.